The van der Waals surface area contributed by atoms with Crippen molar-refractivity contribution in [3.8, 4) is 6.07 Å². The number of nitrogens with two attached hydrogens (primary N) is 1. The zero-order valence-electron chi connectivity index (χ0n) is 18.2. The minimum absolute atomic E-state index is 0.0821. The van der Waals surface area contributed by atoms with Gasteiger partial charge in [-0.25, -0.2) is 14.2 Å². The Morgan fingerprint density at radius 3 is 2.52 bits per heavy atom. The Balaban J connectivity index is 2.21. The fourth-order valence-electron chi connectivity index (χ4n) is 3.24. The molecule has 9 nitrogen and oxygen atoms in total. The number of nitriles is 1. The summed E-state index contributed by atoms with van der Waals surface area (Å²) < 4.78 is 19.9. The number of rotatable bonds is 5. The third kappa shape index (κ3) is 7.44. The van der Waals surface area contributed by atoms with Crippen LogP contribution in [0.15, 0.2) is 17.8 Å². The molecule has 1 aromatic rings. The number of pyridine rings is 1. The molecule has 168 valence electrons. The molecule has 1 fully saturated rings. The molecule has 5 N–H and O–H groups in total. The number of nitrogens with one attached hydrogen (secondary N) is 3. The molecular formula is C21H29FN6O3. The monoisotopic (exact) mass is 432 g/mol. The van der Waals surface area contributed by atoms with Crippen molar-refractivity contribution in [2.24, 2.45) is 5.73 Å². The highest BCUT2D eigenvalue weighted by Gasteiger charge is 2.29. The lowest BCUT2D eigenvalue weighted by atomic mass is 9.90. The van der Waals surface area contributed by atoms with Gasteiger partial charge in [0.15, 0.2) is 17.5 Å². The van der Waals surface area contributed by atoms with Gasteiger partial charge in [0, 0.05) is 17.8 Å². The van der Waals surface area contributed by atoms with Crippen molar-refractivity contribution in [1.29, 1.82) is 5.26 Å². The molecule has 0 aliphatic heterocycles. The van der Waals surface area contributed by atoms with Crippen LogP contribution in [0.25, 0.3) is 0 Å². The van der Waals surface area contributed by atoms with E-state index in [2.05, 4.69) is 20.9 Å². The van der Waals surface area contributed by atoms with Gasteiger partial charge < -0.3 is 26.4 Å². The number of allylic oxidation sites excluding steroid dienone is 1. The highest BCUT2D eigenvalue weighted by molar-refractivity contribution is 5.99. The maximum absolute atomic E-state index is 14.6. The average molecular weight is 433 g/mol. The number of hydrogen-bond acceptors (Lipinski definition) is 7. The summed E-state index contributed by atoms with van der Waals surface area (Å²) in [6.45, 7) is 6.86. The van der Waals surface area contributed by atoms with Gasteiger partial charge in [-0.2, -0.15) is 5.26 Å². The molecule has 0 saturated heterocycles. The van der Waals surface area contributed by atoms with Crippen molar-refractivity contribution in [3.63, 3.8) is 0 Å². The van der Waals surface area contributed by atoms with Crippen LogP contribution in [-0.2, 0) is 9.53 Å². The second-order valence-corrected chi connectivity index (χ2v) is 8.49. The van der Waals surface area contributed by atoms with Gasteiger partial charge in [0.1, 0.15) is 11.7 Å². The average Bonchev–Trinajstić information content (AvgIpc) is 2.63. The molecule has 2 amide bonds. The van der Waals surface area contributed by atoms with Crippen LogP contribution in [0.2, 0.25) is 0 Å². The molecule has 1 heterocycles. The third-order valence-corrected chi connectivity index (χ3v) is 4.49. The van der Waals surface area contributed by atoms with E-state index in [1.165, 1.54) is 6.92 Å². The molecule has 2 atom stereocenters. The van der Waals surface area contributed by atoms with Crippen LogP contribution in [0.1, 0.15) is 58.9 Å². The van der Waals surface area contributed by atoms with E-state index in [0.717, 1.165) is 25.0 Å². The van der Waals surface area contributed by atoms with Crippen molar-refractivity contribution in [2.45, 2.75) is 71.1 Å². The van der Waals surface area contributed by atoms with Crippen molar-refractivity contribution >= 4 is 23.6 Å². The van der Waals surface area contributed by atoms with Gasteiger partial charge in [0.05, 0.1) is 11.6 Å². The molecule has 0 bridgehead atoms. The number of nitrogens with zero attached hydrogens (tertiary/aromatic N) is 2. The predicted octanol–water partition coefficient (Wildman–Crippen LogP) is 3.14. The van der Waals surface area contributed by atoms with Gasteiger partial charge in [0.25, 0.3) is 5.91 Å². The second kappa shape index (κ2) is 10.1. The zero-order valence-corrected chi connectivity index (χ0v) is 18.2. The van der Waals surface area contributed by atoms with Crippen LogP contribution in [0, 0.1) is 17.1 Å². The van der Waals surface area contributed by atoms with Gasteiger partial charge in [-0.05, 0) is 46.6 Å². The smallest absolute Gasteiger partial charge is 0.407 e. The summed E-state index contributed by atoms with van der Waals surface area (Å²) in [5.74, 6) is -1.52. The lowest BCUT2D eigenvalue weighted by Gasteiger charge is -2.33. The van der Waals surface area contributed by atoms with E-state index in [-0.39, 0.29) is 35.0 Å². The first-order chi connectivity index (χ1) is 14.5. The van der Waals surface area contributed by atoms with Crippen molar-refractivity contribution in [3.05, 3.63) is 29.2 Å². The zero-order chi connectivity index (χ0) is 23.2. The Hall–Kier alpha value is -3.35. The van der Waals surface area contributed by atoms with E-state index >= 15 is 0 Å². The standard InChI is InChI=1S/C21H29FN6O3/c1-12(24)9-17(29)27-18-13(11-23)10-14(22)19(28-18)25-15-7-5-6-8-16(15)26-20(30)31-21(2,3)4/h9-10,15-16H,5-8,24H2,1-4H3,(H,26,30)(H2,25,27,28,29)/t15-,16?/m1/s1. The molecule has 1 aliphatic carbocycles. The summed E-state index contributed by atoms with van der Waals surface area (Å²) in [6.07, 6.45) is 3.77. The van der Waals surface area contributed by atoms with Crippen molar-refractivity contribution in [2.75, 3.05) is 10.6 Å². The molecule has 2 rings (SSSR count). The number of ether oxygens (including phenoxy) is 1. The third-order valence-electron chi connectivity index (χ3n) is 4.49. The van der Waals surface area contributed by atoms with E-state index in [1.54, 1.807) is 20.8 Å². The second-order valence-electron chi connectivity index (χ2n) is 8.49. The fraction of sp³-hybridized carbons (Fsp3) is 0.524. The maximum atomic E-state index is 14.6. The van der Waals surface area contributed by atoms with Crippen molar-refractivity contribution < 1.29 is 18.7 Å². The van der Waals surface area contributed by atoms with Crippen LogP contribution in [0.5, 0.6) is 0 Å². The summed E-state index contributed by atoms with van der Waals surface area (Å²) in [5, 5.41) is 17.6. The van der Waals surface area contributed by atoms with E-state index in [1.807, 2.05) is 6.07 Å². The van der Waals surface area contributed by atoms with Gasteiger partial charge in [-0.15, -0.1) is 0 Å². The molecular weight excluding hydrogens is 403 g/mol. The van der Waals surface area contributed by atoms with Gasteiger partial charge in [-0.3, -0.25) is 4.79 Å². The molecule has 1 unspecified atom stereocenters. The number of carbonyl (C=O) groups excluding carboxylic acids is 2. The summed E-state index contributed by atoms with van der Waals surface area (Å²) in [4.78, 5) is 28.3. The minimum atomic E-state index is -0.735. The Bertz CT molecular complexity index is 900. The summed E-state index contributed by atoms with van der Waals surface area (Å²) in [6, 6.07) is 2.22. The van der Waals surface area contributed by atoms with E-state index < -0.39 is 23.4 Å². The quantitative estimate of drug-likeness (QED) is 0.524. The lowest BCUT2D eigenvalue weighted by molar-refractivity contribution is -0.112. The first kappa shape index (κ1) is 23.9. The Morgan fingerprint density at radius 1 is 1.29 bits per heavy atom. The first-order valence-corrected chi connectivity index (χ1v) is 10.1. The van der Waals surface area contributed by atoms with Crippen LogP contribution in [0.4, 0.5) is 20.8 Å². The minimum Gasteiger partial charge on any atom is -0.444 e. The SMILES string of the molecule is CC(N)=CC(=O)Nc1nc(N[C@@H]2CCCCC2NC(=O)OC(C)(C)C)c(F)cc1C#N. The topological polar surface area (TPSA) is 142 Å². The van der Waals surface area contributed by atoms with Gasteiger partial charge in [-0.1, -0.05) is 12.8 Å². The number of alkyl carbamates (subject to hydrolysis) is 1. The molecule has 1 aliphatic rings. The number of hydrogen-bond donors (Lipinski definition) is 4. The number of aromatic nitrogens is 1. The lowest BCUT2D eigenvalue weighted by Crippen LogP contribution is -2.50. The van der Waals surface area contributed by atoms with Crippen LogP contribution in [-0.4, -0.2) is 34.7 Å². The summed E-state index contributed by atoms with van der Waals surface area (Å²) in [7, 11) is 0. The maximum Gasteiger partial charge on any atom is 0.407 e. The number of halogens is 1. The largest absolute Gasteiger partial charge is 0.444 e. The molecule has 0 radical (unpaired) electrons. The highest BCUT2D eigenvalue weighted by Crippen LogP contribution is 2.26. The normalized spacial score (nSPS) is 19.2. The fourth-order valence-corrected chi connectivity index (χ4v) is 3.24. The van der Waals surface area contributed by atoms with E-state index in [4.69, 9.17) is 10.5 Å². The van der Waals surface area contributed by atoms with E-state index in [0.29, 0.717) is 12.8 Å². The molecule has 1 aromatic heterocycles. The number of carbonyl (C=O) groups is 2. The molecule has 1 saturated carbocycles. The van der Waals surface area contributed by atoms with Crippen LogP contribution in [0.3, 0.4) is 0 Å². The number of anilines is 2. The Labute approximate surface area is 181 Å². The van der Waals surface area contributed by atoms with Crippen molar-refractivity contribution in [1.82, 2.24) is 10.3 Å². The summed E-state index contributed by atoms with van der Waals surface area (Å²) >= 11 is 0. The highest BCUT2D eigenvalue weighted by atomic mass is 19.1. The summed E-state index contributed by atoms with van der Waals surface area (Å²) in [5.41, 5.74) is 5.01. The van der Waals surface area contributed by atoms with Crippen LogP contribution < -0.4 is 21.7 Å². The Kier molecular flexibility index (Phi) is 7.80. The Morgan fingerprint density at radius 2 is 1.94 bits per heavy atom. The molecule has 0 spiro atoms. The van der Waals surface area contributed by atoms with Gasteiger partial charge >= 0.3 is 6.09 Å². The predicted molar refractivity (Wildman–Crippen MR) is 115 cm³/mol. The van der Waals surface area contributed by atoms with E-state index in [9.17, 15) is 19.2 Å². The molecule has 0 aromatic carbocycles. The molecule has 10 heteroatoms. The number of amides is 2. The van der Waals surface area contributed by atoms with Gasteiger partial charge in [0.2, 0.25) is 0 Å². The molecule has 31 heavy (non-hydrogen) atoms. The van der Waals surface area contributed by atoms with Crippen LogP contribution >= 0.6 is 0 Å². The first-order valence-electron chi connectivity index (χ1n) is 10.1.